The quantitative estimate of drug-likeness (QED) is 0.229. The Morgan fingerprint density at radius 1 is 0.500 bits per heavy atom. The molecule has 4 heteroatoms. The average molecular weight is 527 g/mol. The molecule has 0 aliphatic heterocycles. The van der Waals surface area contributed by atoms with Crippen molar-refractivity contribution in [3.63, 3.8) is 0 Å². The van der Waals surface area contributed by atoms with E-state index in [1.54, 1.807) is 6.33 Å². The van der Waals surface area contributed by atoms with Crippen molar-refractivity contribution in [2.75, 3.05) is 11.9 Å². The molecule has 0 amide bonds. The normalized spacial score (nSPS) is 11.1. The second kappa shape index (κ2) is 10.7. The molecular formula is C36H38N4. The number of benzene rings is 4. The van der Waals surface area contributed by atoms with Crippen LogP contribution in [0.1, 0.15) is 44.5 Å². The molecule has 202 valence electrons. The molecule has 0 fully saturated rings. The summed E-state index contributed by atoms with van der Waals surface area (Å²) in [6.07, 6.45) is 1.64. The Balaban J connectivity index is 1.56. The summed E-state index contributed by atoms with van der Waals surface area (Å²) < 4.78 is 0. The largest absolute Gasteiger partial charge is 0.344 e. The molecule has 0 saturated carbocycles. The van der Waals surface area contributed by atoms with Crippen molar-refractivity contribution in [2.24, 2.45) is 0 Å². The van der Waals surface area contributed by atoms with Crippen LogP contribution in [-0.4, -0.2) is 22.0 Å². The first kappa shape index (κ1) is 27.3. The molecule has 4 aromatic carbocycles. The lowest BCUT2D eigenvalue weighted by Crippen LogP contribution is -2.15. The van der Waals surface area contributed by atoms with Gasteiger partial charge >= 0.3 is 0 Å². The van der Waals surface area contributed by atoms with Gasteiger partial charge in [-0.15, -0.1) is 0 Å². The van der Waals surface area contributed by atoms with E-state index >= 15 is 0 Å². The summed E-state index contributed by atoms with van der Waals surface area (Å²) in [6.45, 7) is 17.3. The molecule has 0 spiro atoms. The molecule has 1 aromatic heterocycles. The molecule has 0 saturated heterocycles. The first-order valence-electron chi connectivity index (χ1n) is 13.9. The third-order valence-corrected chi connectivity index (χ3v) is 8.45. The molecule has 5 aromatic rings. The van der Waals surface area contributed by atoms with Crippen molar-refractivity contribution < 1.29 is 0 Å². The zero-order valence-electron chi connectivity index (χ0n) is 25.1. The van der Waals surface area contributed by atoms with E-state index in [2.05, 4.69) is 138 Å². The lowest BCUT2D eigenvalue weighted by Gasteiger charge is -2.28. The maximum absolute atomic E-state index is 4.99. The van der Waals surface area contributed by atoms with E-state index in [0.29, 0.717) is 0 Å². The summed E-state index contributed by atoms with van der Waals surface area (Å²) in [6, 6.07) is 21.7. The Bertz CT molecular complexity index is 1660. The van der Waals surface area contributed by atoms with Crippen LogP contribution in [0.15, 0.2) is 67.0 Å². The maximum Gasteiger partial charge on any atom is 0.163 e. The van der Waals surface area contributed by atoms with Crippen molar-refractivity contribution in [2.45, 2.75) is 55.4 Å². The van der Waals surface area contributed by atoms with E-state index in [9.17, 15) is 0 Å². The topological polar surface area (TPSA) is 41.9 Å². The highest BCUT2D eigenvalue weighted by molar-refractivity contribution is 5.81. The third-order valence-electron chi connectivity index (χ3n) is 8.45. The first-order valence-corrected chi connectivity index (χ1v) is 13.9. The van der Waals surface area contributed by atoms with Gasteiger partial charge in [-0.05, 0) is 123 Å². The fourth-order valence-electron chi connectivity index (χ4n) is 6.09. The third kappa shape index (κ3) is 4.68. The summed E-state index contributed by atoms with van der Waals surface area (Å²) in [5, 5.41) is 0. The van der Waals surface area contributed by atoms with Gasteiger partial charge in [0.1, 0.15) is 6.33 Å². The van der Waals surface area contributed by atoms with E-state index in [-0.39, 0.29) is 0 Å². The van der Waals surface area contributed by atoms with Crippen LogP contribution in [0.5, 0.6) is 0 Å². The van der Waals surface area contributed by atoms with Crippen LogP contribution in [0.25, 0.3) is 33.9 Å². The van der Waals surface area contributed by atoms with Gasteiger partial charge in [-0.2, -0.15) is 0 Å². The Morgan fingerprint density at radius 2 is 0.950 bits per heavy atom. The van der Waals surface area contributed by atoms with Crippen LogP contribution < -0.4 is 4.90 Å². The summed E-state index contributed by atoms with van der Waals surface area (Å²) in [7, 11) is 2.16. The molecule has 0 bridgehead atoms. The molecular weight excluding hydrogens is 488 g/mol. The Morgan fingerprint density at radius 3 is 1.45 bits per heavy atom. The zero-order chi connectivity index (χ0) is 28.7. The fraction of sp³-hybridized carbons (Fsp3) is 0.250. The lowest BCUT2D eigenvalue weighted by molar-refractivity contribution is 1.04. The molecule has 1 heterocycles. The molecule has 0 aliphatic rings. The number of hydrogen-bond acceptors (Lipinski definition) is 4. The van der Waals surface area contributed by atoms with E-state index in [4.69, 9.17) is 4.98 Å². The van der Waals surface area contributed by atoms with Crippen LogP contribution in [0.4, 0.5) is 11.4 Å². The van der Waals surface area contributed by atoms with Gasteiger partial charge in [0.15, 0.2) is 11.6 Å². The van der Waals surface area contributed by atoms with E-state index < -0.39 is 0 Å². The summed E-state index contributed by atoms with van der Waals surface area (Å²) in [5.41, 5.74) is 16.9. The highest BCUT2D eigenvalue weighted by Gasteiger charge is 2.22. The van der Waals surface area contributed by atoms with Crippen molar-refractivity contribution in [1.82, 2.24) is 15.0 Å². The minimum absolute atomic E-state index is 0.722. The van der Waals surface area contributed by atoms with Crippen molar-refractivity contribution in [3.05, 3.63) is 111 Å². The molecule has 40 heavy (non-hydrogen) atoms. The zero-order valence-corrected chi connectivity index (χ0v) is 25.1. The van der Waals surface area contributed by atoms with Gasteiger partial charge < -0.3 is 4.90 Å². The van der Waals surface area contributed by atoms with E-state index in [0.717, 1.165) is 28.5 Å². The number of nitrogens with zero attached hydrogens (tertiary/aromatic N) is 4. The lowest BCUT2D eigenvalue weighted by atomic mass is 9.90. The molecule has 0 aliphatic carbocycles. The van der Waals surface area contributed by atoms with Gasteiger partial charge in [0.2, 0.25) is 0 Å². The Kier molecular flexibility index (Phi) is 7.29. The standard InChI is InChI=1S/C36H38N4/c1-21-12-10-13-22(2)31(21)29-16-18-30(19-17-29)40(9)34-27(7)25(5)33(26(6)28(34)8)36-38-20-37-35(39-36)32-23(3)14-11-15-24(32)4/h10-20H,1-9H3. The van der Waals surface area contributed by atoms with Gasteiger partial charge in [0.05, 0.1) is 0 Å². The van der Waals surface area contributed by atoms with Gasteiger partial charge in [0, 0.05) is 29.5 Å². The minimum atomic E-state index is 0.722. The summed E-state index contributed by atoms with van der Waals surface area (Å²) >= 11 is 0. The smallest absolute Gasteiger partial charge is 0.163 e. The Hall–Kier alpha value is -4.31. The molecule has 0 radical (unpaired) electrons. The molecule has 0 unspecified atom stereocenters. The molecule has 5 rings (SSSR count). The van der Waals surface area contributed by atoms with Crippen molar-refractivity contribution in [3.8, 4) is 33.9 Å². The van der Waals surface area contributed by atoms with Crippen LogP contribution in [0.3, 0.4) is 0 Å². The summed E-state index contributed by atoms with van der Waals surface area (Å²) in [4.78, 5) is 16.5. The monoisotopic (exact) mass is 526 g/mol. The highest BCUT2D eigenvalue weighted by Crippen LogP contribution is 2.40. The Labute approximate surface area is 238 Å². The van der Waals surface area contributed by atoms with E-state index in [1.807, 2.05) is 0 Å². The van der Waals surface area contributed by atoms with Crippen molar-refractivity contribution in [1.29, 1.82) is 0 Å². The molecule has 0 atom stereocenters. The van der Waals surface area contributed by atoms with Crippen LogP contribution in [0, 0.1) is 55.4 Å². The number of hydrogen-bond donors (Lipinski definition) is 0. The van der Waals surface area contributed by atoms with Crippen LogP contribution in [0.2, 0.25) is 0 Å². The van der Waals surface area contributed by atoms with E-state index in [1.165, 1.54) is 61.3 Å². The molecule has 0 N–H and O–H groups in total. The predicted molar refractivity (Wildman–Crippen MR) is 169 cm³/mol. The number of aryl methyl sites for hydroxylation is 4. The van der Waals surface area contributed by atoms with Gasteiger partial charge in [-0.3, -0.25) is 0 Å². The highest BCUT2D eigenvalue weighted by atomic mass is 15.1. The second-order valence-corrected chi connectivity index (χ2v) is 11.0. The molecule has 4 nitrogen and oxygen atoms in total. The minimum Gasteiger partial charge on any atom is -0.344 e. The SMILES string of the molecule is Cc1cccc(C)c1-c1ccc(N(C)c2c(C)c(C)c(-c3ncnc(-c4c(C)cccc4C)n3)c(C)c2C)cc1. The van der Waals surface area contributed by atoms with Crippen LogP contribution in [-0.2, 0) is 0 Å². The number of anilines is 2. The predicted octanol–water partition coefficient (Wildman–Crippen LogP) is 9.11. The van der Waals surface area contributed by atoms with Gasteiger partial charge in [0.25, 0.3) is 0 Å². The first-order chi connectivity index (χ1) is 19.1. The number of aromatic nitrogens is 3. The second-order valence-electron chi connectivity index (χ2n) is 11.0. The maximum atomic E-state index is 4.99. The number of rotatable bonds is 5. The van der Waals surface area contributed by atoms with Gasteiger partial charge in [-0.25, -0.2) is 15.0 Å². The van der Waals surface area contributed by atoms with Crippen LogP contribution >= 0.6 is 0 Å². The summed E-state index contributed by atoms with van der Waals surface area (Å²) in [5.74, 6) is 1.45. The fourth-order valence-corrected chi connectivity index (χ4v) is 6.09. The van der Waals surface area contributed by atoms with Gasteiger partial charge in [-0.1, -0.05) is 48.5 Å². The van der Waals surface area contributed by atoms with Crippen molar-refractivity contribution >= 4 is 11.4 Å². The average Bonchev–Trinajstić information content (AvgIpc) is 2.93.